The number of methoxy groups -OCH3 is 1. The molecule has 0 aromatic heterocycles. The number of carbonyl (C=O) groups is 1. The molecule has 160 valence electrons. The van der Waals surface area contributed by atoms with Crippen molar-refractivity contribution < 1.29 is 9.53 Å². The van der Waals surface area contributed by atoms with Gasteiger partial charge in [0.05, 0.1) is 7.11 Å². The molecule has 4 rings (SSSR count). The molecular weight excluding hydrogens is 382 g/mol. The van der Waals surface area contributed by atoms with Gasteiger partial charge in [0.25, 0.3) is 0 Å². The van der Waals surface area contributed by atoms with Crippen molar-refractivity contribution in [2.24, 2.45) is 0 Å². The summed E-state index contributed by atoms with van der Waals surface area (Å²) in [5.41, 5.74) is 6.17. The minimum Gasteiger partial charge on any atom is -0.496 e. The third-order valence-corrected chi connectivity index (χ3v) is 6.41. The molecule has 3 nitrogen and oxygen atoms in total. The fraction of sp³-hybridized carbons (Fsp3) is 0.321. The minimum absolute atomic E-state index is 0.0954. The third-order valence-electron chi connectivity index (χ3n) is 6.41. The lowest BCUT2D eigenvalue weighted by Crippen LogP contribution is -2.30. The van der Waals surface area contributed by atoms with E-state index in [1.807, 2.05) is 12.1 Å². The van der Waals surface area contributed by atoms with E-state index in [1.165, 1.54) is 27.9 Å². The number of para-hydroxylation sites is 1. The van der Waals surface area contributed by atoms with Crippen LogP contribution in [0.1, 0.15) is 54.4 Å². The smallest absolute Gasteiger partial charge is 0.131 e. The molecular formula is C28H31NO2. The van der Waals surface area contributed by atoms with Crippen LogP contribution in [0.5, 0.6) is 5.75 Å². The standard InChI is InChI=1S/C28H31NO2/c1-20-9-4-5-11-25(20)28(26-12-6-7-13-27(26)31-3)22-14-16-23(17-15-22)29-18-8-10-24(29)19-21(2)30/h4-7,9,11-17,24,28H,8,10,18-19H2,1-3H3. The maximum Gasteiger partial charge on any atom is 0.131 e. The largest absolute Gasteiger partial charge is 0.496 e. The van der Waals surface area contributed by atoms with Gasteiger partial charge < -0.3 is 9.64 Å². The van der Waals surface area contributed by atoms with Crippen molar-refractivity contribution in [2.75, 3.05) is 18.6 Å². The average Bonchev–Trinajstić information content (AvgIpc) is 3.23. The molecule has 1 aliphatic rings. The maximum atomic E-state index is 11.7. The molecule has 3 heteroatoms. The van der Waals surface area contributed by atoms with E-state index in [2.05, 4.69) is 72.5 Å². The van der Waals surface area contributed by atoms with Gasteiger partial charge in [-0.3, -0.25) is 4.79 Å². The van der Waals surface area contributed by atoms with Crippen molar-refractivity contribution in [1.29, 1.82) is 0 Å². The van der Waals surface area contributed by atoms with Crippen LogP contribution in [0, 0.1) is 6.92 Å². The Labute approximate surface area is 185 Å². The first kappa shape index (κ1) is 21.2. The van der Waals surface area contributed by atoms with E-state index in [0.29, 0.717) is 12.5 Å². The SMILES string of the molecule is COc1ccccc1C(c1ccc(N2CCCC2CC(C)=O)cc1)c1ccccc1C. The number of nitrogens with zero attached hydrogens (tertiary/aromatic N) is 1. The molecule has 1 aliphatic heterocycles. The Kier molecular flexibility index (Phi) is 6.41. The van der Waals surface area contributed by atoms with Gasteiger partial charge in [0, 0.05) is 36.2 Å². The Morgan fingerprint density at radius 2 is 1.68 bits per heavy atom. The van der Waals surface area contributed by atoms with Gasteiger partial charge in [0.1, 0.15) is 11.5 Å². The Hall–Kier alpha value is -3.07. The molecule has 0 saturated carbocycles. The second-order valence-electron chi connectivity index (χ2n) is 8.52. The van der Waals surface area contributed by atoms with Gasteiger partial charge in [0.15, 0.2) is 0 Å². The minimum atomic E-state index is 0.0954. The van der Waals surface area contributed by atoms with Crippen LogP contribution >= 0.6 is 0 Å². The predicted molar refractivity (Wildman–Crippen MR) is 127 cm³/mol. The lowest BCUT2D eigenvalue weighted by molar-refractivity contribution is -0.117. The number of hydrogen-bond donors (Lipinski definition) is 0. The highest BCUT2D eigenvalue weighted by Gasteiger charge is 2.27. The van der Waals surface area contributed by atoms with Crippen LogP contribution < -0.4 is 9.64 Å². The van der Waals surface area contributed by atoms with Gasteiger partial charge in [-0.25, -0.2) is 0 Å². The zero-order valence-corrected chi connectivity index (χ0v) is 18.7. The summed E-state index contributed by atoms with van der Waals surface area (Å²) in [5.74, 6) is 1.27. The molecule has 0 spiro atoms. The van der Waals surface area contributed by atoms with Gasteiger partial charge in [-0.1, -0.05) is 54.6 Å². The number of ether oxygens (including phenoxy) is 1. The van der Waals surface area contributed by atoms with Gasteiger partial charge >= 0.3 is 0 Å². The fourth-order valence-electron chi connectivity index (χ4n) is 4.92. The monoisotopic (exact) mass is 413 g/mol. The number of carbonyl (C=O) groups excluding carboxylic acids is 1. The summed E-state index contributed by atoms with van der Waals surface area (Å²) < 4.78 is 5.73. The summed E-state index contributed by atoms with van der Waals surface area (Å²) in [6.45, 7) is 4.88. The number of aryl methyl sites for hydroxylation is 1. The molecule has 0 N–H and O–H groups in total. The molecule has 3 aromatic rings. The first-order chi connectivity index (χ1) is 15.1. The quantitative estimate of drug-likeness (QED) is 0.436. The molecule has 1 heterocycles. The van der Waals surface area contributed by atoms with E-state index in [4.69, 9.17) is 4.74 Å². The number of hydrogen-bond acceptors (Lipinski definition) is 3. The zero-order valence-electron chi connectivity index (χ0n) is 18.7. The van der Waals surface area contributed by atoms with Crippen LogP contribution in [-0.4, -0.2) is 25.5 Å². The number of Topliss-reactive ketones (excluding diaryl/α,β-unsaturated/α-hetero) is 1. The Morgan fingerprint density at radius 3 is 2.35 bits per heavy atom. The number of benzene rings is 3. The van der Waals surface area contributed by atoms with E-state index in [-0.39, 0.29) is 11.7 Å². The van der Waals surface area contributed by atoms with Crippen molar-refractivity contribution in [1.82, 2.24) is 0 Å². The molecule has 2 unspecified atom stereocenters. The van der Waals surface area contributed by atoms with Gasteiger partial charge in [-0.2, -0.15) is 0 Å². The van der Waals surface area contributed by atoms with Crippen molar-refractivity contribution in [3.8, 4) is 5.75 Å². The highest BCUT2D eigenvalue weighted by molar-refractivity contribution is 5.77. The normalized spacial score (nSPS) is 16.9. The Bertz CT molecular complexity index is 1040. The molecule has 2 atom stereocenters. The van der Waals surface area contributed by atoms with E-state index in [1.54, 1.807) is 14.0 Å². The summed E-state index contributed by atoms with van der Waals surface area (Å²) in [6.07, 6.45) is 2.87. The Morgan fingerprint density at radius 1 is 1.00 bits per heavy atom. The van der Waals surface area contributed by atoms with Crippen LogP contribution in [0.3, 0.4) is 0 Å². The highest BCUT2D eigenvalue weighted by atomic mass is 16.5. The van der Waals surface area contributed by atoms with E-state index >= 15 is 0 Å². The zero-order chi connectivity index (χ0) is 21.8. The molecule has 0 amide bonds. The summed E-state index contributed by atoms with van der Waals surface area (Å²) in [7, 11) is 1.74. The van der Waals surface area contributed by atoms with E-state index in [0.717, 1.165) is 25.1 Å². The average molecular weight is 414 g/mol. The molecule has 3 aromatic carbocycles. The molecule has 1 fully saturated rings. The van der Waals surface area contributed by atoms with E-state index < -0.39 is 0 Å². The van der Waals surface area contributed by atoms with Crippen LogP contribution in [0.25, 0.3) is 0 Å². The number of ketones is 1. The van der Waals surface area contributed by atoms with Crippen molar-refractivity contribution in [3.05, 3.63) is 95.1 Å². The van der Waals surface area contributed by atoms with Gasteiger partial charge in [0.2, 0.25) is 0 Å². The van der Waals surface area contributed by atoms with Crippen LogP contribution in [0.15, 0.2) is 72.8 Å². The Balaban J connectivity index is 1.73. The summed E-state index contributed by atoms with van der Waals surface area (Å²) in [4.78, 5) is 14.1. The topological polar surface area (TPSA) is 29.5 Å². The van der Waals surface area contributed by atoms with Crippen molar-refractivity contribution in [3.63, 3.8) is 0 Å². The first-order valence-electron chi connectivity index (χ1n) is 11.1. The predicted octanol–water partition coefficient (Wildman–Crippen LogP) is 6.13. The fourth-order valence-corrected chi connectivity index (χ4v) is 4.92. The van der Waals surface area contributed by atoms with Crippen molar-refractivity contribution >= 4 is 11.5 Å². The third kappa shape index (κ3) is 4.51. The molecule has 1 saturated heterocycles. The van der Waals surface area contributed by atoms with E-state index in [9.17, 15) is 4.79 Å². The summed E-state index contributed by atoms with van der Waals surface area (Å²) >= 11 is 0. The van der Waals surface area contributed by atoms with Crippen LogP contribution in [0.4, 0.5) is 5.69 Å². The number of rotatable bonds is 7. The first-order valence-corrected chi connectivity index (χ1v) is 11.1. The summed E-state index contributed by atoms with van der Waals surface area (Å²) in [6, 6.07) is 26.1. The highest BCUT2D eigenvalue weighted by Crippen LogP contribution is 2.39. The molecule has 31 heavy (non-hydrogen) atoms. The maximum absolute atomic E-state index is 11.7. The lowest BCUT2D eigenvalue weighted by Gasteiger charge is -2.27. The van der Waals surface area contributed by atoms with Crippen LogP contribution in [0.2, 0.25) is 0 Å². The van der Waals surface area contributed by atoms with Crippen LogP contribution in [-0.2, 0) is 4.79 Å². The number of anilines is 1. The lowest BCUT2D eigenvalue weighted by atomic mass is 9.82. The summed E-state index contributed by atoms with van der Waals surface area (Å²) in [5, 5.41) is 0. The van der Waals surface area contributed by atoms with Gasteiger partial charge in [-0.05, 0) is 61.6 Å². The van der Waals surface area contributed by atoms with Crippen molar-refractivity contribution in [2.45, 2.75) is 45.1 Å². The second kappa shape index (κ2) is 9.38. The molecule has 0 radical (unpaired) electrons. The second-order valence-corrected chi connectivity index (χ2v) is 8.52. The van der Waals surface area contributed by atoms with Gasteiger partial charge in [-0.15, -0.1) is 0 Å². The molecule has 0 aliphatic carbocycles. The molecule has 0 bridgehead atoms.